The van der Waals surface area contributed by atoms with Crippen LogP contribution in [0, 0.1) is 6.92 Å². The number of amides is 1. The number of nitrogens with zero attached hydrogens (tertiary/aromatic N) is 1. The lowest BCUT2D eigenvalue weighted by Gasteiger charge is -2.09. The molecule has 1 aromatic heterocycles. The molecule has 1 amide bonds. The molecular weight excluding hydrogens is 324 g/mol. The molecule has 0 aliphatic carbocycles. The number of rotatable bonds is 6. The summed E-state index contributed by atoms with van der Waals surface area (Å²) < 4.78 is 5.57. The van der Waals surface area contributed by atoms with Crippen molar-refractivity contribution in [1.82, 2.24) is 4.98 Å². The zero-order valence-electron chi connectivity index (χ0n) is 14.6. The van der Waals surface area contributed by atoms with Crippen LogP contribution in [0.5, 0.6) is 5.75 Å². The van der Waals surface area contributed by atoms with Gasteiger partial charge in [-0.2, -0.15) is 0 Å². The highest BCUT2D eigenvalue weighted by Gasteiger charge is 2.05. The molecule has 0 fully saturated rings. The van der Waals surface area contributed by atoms with Crippen molar-refractivity contribution in [3.05, 3.63) is 89.7 Å². The number of anilines is 1. The molecule has 2 aromatic carbocycles. The Hall–Kier alpha value is -3.40. The van der Waals surface area contributed by atoms with E-state index in [0.29, 0.717) is 0 Å². The second-order valence-electron chi connectivity index (χ2n) is 5.82. The minimum absolute atomic E-state index is 0.0289. The summed E-state index contributed by atoms with van der Waals surface area (Å²) in [6.45, 7) is 1.92. The summed E-state index contributed by atoms with van der Waals surface area (Å²) in [5.41, 5.74) is 3.59. The topological polar surface area (TPSA) is 51.2 Å². The molecule has 0 radical (unpaired) electrons. The highest BCUT2D eigenvalue weighted by Crippen LogP contribution is 2.17. The van der Waals surface area contributed by atoms with Crippen molar-refractivity contribution >= 4 is 23.7 Å². The van der Waals surface area contributed by atoms with Gasteiger partial charge in [-0.25, -0.2) is 0 Å². The van der Waals surface area contributed by atoms with Crippen LogP contribution in [0.2, 0.25) is 0 Å². The first-order valence-electron chi connectivity index (χ1n) is 8.38. The summed E-state index contributed by atoms with van der Waals surface area (Å²) in [6.07, 6.45) is 5.65. The minimum atomic E-state index is -0.195. The van der Waals surface area contributed by atoms with Gasteiger partial charge in [0.1, 0.15) is 5.75 Å². The predicted octanol–water partition coefficient (Wildman–Crippen LogP) is 4.58. The van der Waals surface area contributed by atoms with E-state index in [4.69, 9.17) is 4.74 Å². The molecule has 0 aliphatic heterocycles. The van der Waals surface area contributed by atoms with E-state index in [1.807, 2.05) is 85.8 Å². The largest absolute Gasteiger partial charge is 0.483 e. The van der Waals surface area contributed by atoms with Gasteiger partial charge in [-0.1, -0.05) is 42.5 Å². The van der Waals surface area contributed by atoms with Crippen molar-refractivity contribution in [2.24, 2.45) is 0 Å². The predicted molar refractivity (Wildman–Crippen MR) is 105 cm³/mol. The number of pyridine rings is 1. The molecule has 3 rings (SSSR count). The molecule has 4 heteroatoms. The van der Waals surface area contributed by atoms with Crippen LogP contribution < -0.4 is 10.1 Å². The molecule has 0 saturated carbocycles. The summed E-state index contributed by atoms with van der Waals surface area (Å²) >= 11 is 0. The summed E-state index contributed by atoms with van der Waals surface area (Å²) in [4.78, 5) is 16.4. The first kappa shape index (κ1) is 17.4. The van der Waals surface area contributed by atoms with Gasteiger partial charge in [-0.3, -0.25) is 9.78 Å². The Morgan fingerprint density at radius 1 is 1.04 bits per heavy atom. The van der Waals surface area contributed by atoms with Crippen molar-refractivity contribution < 1.29 is 9.53 Å². The number of carbonyl (C=O) groups excluding carboxylic acids is 1. The SMILES string of the molecule is Cc1ccccc1OCC(=O)Nc1cccc(/C=C/c2ccccn2)c1. The Bertz CT molecular complexity index is 905. The van der Waals surface area contributed by atoms with Gasteiger partial charge in [0.15, 0.2) is 6.61 Å². The lowest BCUT2D eigenvalue weighted by molar-refractivity contribution is -0.118. The van der Waals surface area contributed by atoms with Crippen molar-refractivity contribution in [3.63, 3.8) is 0 Å². The van der Waals surface area contributed by atoms with Crippen molar-refractivity contribution in [3.8, 4) is 5.75 Å². The lowest BCUT2D eigenvalue weighted by Crippen LogP contribution is -2.20. The monoisotopic (exact) mass is 344 g/mol. The zero-order chi connectivity index (χ0) is 18.2. The fraction of sp³-hybridized carbons (Fsp3) is 0.0909. The van der Waals surface area contributed by atoms with Gasteiger partial charge >= 0.3 is 0 Å². The Labute approximate surface area is 153 Å². The molecule has 0 aliphatic rings. The third-order valence-electron chi connectivity index (χ3n) is 3.76. The minimum Gasteiger partial charge on any atom is -0.483 e. The first-order chi connectivity index (χ1) is 12.7. The van der Waals surface area contributed by atoms with Crippen LogP contribution in [0.4, 0.5) is 5.69 Å². The fourth-order valence-electron chi connectivity index (χ4n) is 2.43. The second kappa shape index (κ2) is 8.62. The summed E-state index contributed by atoms with van der Waals surface area (Å²) in [6, 6.07) is 21.0. The van der Waals surface area contributed by atoms with E-state index < -0.39 is 0 Å². The van der Waals surface area contributed by atoms with E-state index in [1.165, 1.54) is 0 Å². The van der Waals surface area contributed by atoms with Crippen LogP contribution >= 0.6 is 0 Å². The zero-order valence-corrected chi connectivity index (χ0v) is 14.6. The van der Waals surface area contributed by atoms with Crippen LogP contribution in [0.3, 0.4) is 0 Å². The number of hydrogen-bond donors (Lipinski definition) is 1. The third-order valence-corrected chi connectivity index (χ3v) is 3.76. The van der Waals surface area contributed by atoms with E-state index in [9.17, 15) is 4.79 Å². The molecule has 0 saturated heterocycles. The Morgan fingerprint density at radius 2 is 1.88 bits per heavy atom. The van der Waals surface area contributed by atoms with Crippen molar-refractivity contribution in [1.29, 1.82) is 0 Å². The van der Waals surface area contributed by atoms with Gasteiger partial charge in [0.2, 0.25) is 0 Å². The molecule has 26 heavy (non-hydrogen) atoms. The first-order valence-corrected chi connectivity index (χ1v) is 8.38. The normalized spacial score (nSPS) is 10.7. The molecular formula is C22H20N2O2. The van der Waals surface area contributed by atoms with Crippen LogP contribution in [0.25, 0.3) is 12.2 Å². The summed E-state index contributed by atoms with van der Waals surface area (Å²) in [5.74, 6) is 0.522. The van der Waals surface area contributed by atoms with Gasteiger partial charge in [0.05, 0.1) is 5.69 Å². The van der Waals surface area contributed by atoms with E-state index in [1.54, 1.807) is 6.20 Å². The lowest BCUT2D eigenvalue weighted by atomic mass is 10.1. The van der Waals surface area contributed by atoms with Gasteiger partial charge in [-0.15, -0.1) is 0 Å². The van der Waals surface area contributed by atoms with Gasteiger partial charge < -0.3 is 10.1 Å². The number of benzene rings is 2. The van der Waals surface area contributed by atoms with Crippen LogP contribution in [0.1, 0.15) is 16.8 Å². The Morgan fingerprint density at radius 3 is 2.69 bits per heavy atom. The van der Waals surface area contributed by atoms with Gasteiger partial charge in [0.25, 0.3) is 5.91 Å². The molecule has 3 aromatic rings. The molecule has 4 nitrogen and oxygen atoms in total. The standard InChI is InChI=1S/C22H20N2O2/c1-17-7-2-3-11-21(17)26-16-22(25)24-20-10-6-8-18(15-20)12-13-19-9-4-5-14-23-19/h2-15H,16H2,1H3,(H,24,25)/b13-12+. The molecule has 0 unspecified atom stereocenters. The van der Waals surface area contributed by atoms with E-state index in [0.717, 1.165) is 28.3 Å². The average molecular weight is 344 g/mol. The molecule has 0 bridgehead atoms. The number of ether oxygens (including phenoxy) is 1. The number of aromatic nitrogens is 1. The van der Waals surface area contributed by atoms with Crippen LogP contribution in [-0.2, 0) is 4.79 Å². The Balaban J connectivity index is 1.59. The second-order valence-corrected chi connectivity index (χ2v) is 5.82. The van der Waals surface area contributed by atoms with Crippen molar-refractivity contribution in [2.75, 3.05) is 11.9 Å². The average Bonchev–Trinajstić information content (AvgIpc) is 2.67. The van der Waals surface area contributed by atoms with E-state index in [2.05, 4.69) is 10.3 Å². The quantitative estimate of drug-likeness (QED) is 0.712. The number of aryl methyl sites for hydroxylation is 1. The number of nitrogens with one attached hydrogen (secondary N) is 1. The van der Waals surface area contributed by atoms with Crippen molar-refractivity contribution in [2.45, 2.75) is 6.92 Å². The molecule has 0 atom stereocenters. The Kier molecular flexibility index (Phi) is 5.78. The fourth-order valence-corrected chi connectivity index (χ4v) is 2.43. The van der Waals surface area contributed by atoms with Gasteiger partial charge in [0, 0.05) is 11.9 Å². The third kappa shape index (κ3) is 5.05. The maximum Gasteiger partial charge on any atom is 0.262 e. The van der Waals surface area contributed by atoms with Crippen LogP contribution in [-0.4, -0.2) is 17.5 Å². The summed E-state index contributed by atoms with van der Waals surface area (Å²) in [7, 11) is 0. The number of carbonyl (C=O) groups is 1. The smallest absolute Gasteiger partial charge is 0.262 e. The highest BCUT2D eigenvalue weighted by molar-refractivity contribution is 5.92. The summed E-state index contributed by atoms with van der Waals surface area (Å²) in [5, 5.41) is 2.86. The van der Waals surface area contributed by atoms with Crippen LogP contribution in [0.15, 0.2) is 72.9 Å². The number of hydrogen-bond acceptors (Lipinski definition) is 3. The molecule has 130 valence electrons. The maximum absolute atomic E-state index is 12.1. The van der Waals surface area contributed by atoms with E-state index in [-0.39, 0.29) is 12.5 Å². The molecule has 1 heterocycles. The molecule has 1 N–H and O–H groups in total. The maximum atomic E-state index is 12.1. The van der Waals surface area contributed by atoms with Gasteiger partial charge in [-0.05, 0) is 54.5 Å². The molecule has 0 spiro atoms. The number of para-hydroxylation sites is 1. The highest BCUT2D eigenvalue weighted by atomic mass is 16.5. The van der Waals surface area contributed by atoms with E-state index >= 15 is 0 Å².